The Morgan fingerprint density at radius 1 is 1.44 bits per heavy atom. The largest absolute Gasteiger partial charge is 0.464 e. The van der Waals surface area contributed by atoms with E-state index in [1.165, 1.54) is 7.11 Å². The molecular formula is C17H25N5O3. The van der Waals surface area contributed by atoms with Crippen LogP contribution in [-0.4, -0.2) is 51.0 Å². The zero-order chi connectivity index (χ0) is 18.2. The Bertz CT molecular complexity index is 746. The van der Waals surface area contributed by atoms with Crippen LogP contribution in [-0.2, 0) is 10.2 Å². The molecule has 0 aliphatic carbocycles. The molecule has 1 fully saturated rings. The predicted molar refractivity (Wildman–Crippen MR) is 90.2 cm³/mol. The van der Waals surface area contributed by atoms with E-state index in [4.69, 9.17) is 4.42 Å². The van der Waals surface area contributed by atoms with Gasteiger partial charge in [-0.25, -0.2) is 14.5 Å². The van der Waals surface area contributed by atoms with Crippen molar-refractivity contribution in [3.63, 3.8) is 0 Å². The van der Waals surface area contributed by atoms with E-state index in [0.717, 1.165) is 31.2 Å². The molecular weight excluding hydrogens is 322 g/mol. The van der Waals surface area contributed by atoms with E-state index in [9.17, 15) is 4.79 Å². The molecule has 0 bridgehead atoms. The summed E-state index contributed by atoms with van der Waals surface area (Å²) in [4.78, 5) is 18.3. The molecule has 8 heteroatoms. The van der Waals surface area contributed by atoms with Crippen LogP contribution in [0, 0.1) is 0 Å². The first kappa shape index (κ1) is 17.6. The highest BCUT2D eigenvalue weighted by Gasteiger charge is 2.32. The van der Waals surface area contributed by atoms with E-state index >= 15 is 0 Å². The summed E-state index contributed by atoms with van der Waals surface area (Å²) in [5.74, 6) is 1.16. The standard InChI is InChI=1S/C17H25N5O3/c1-11(15-18-8-14(25-15)17(2,3)4)21-7-6-12(9-21)22-10-13(19-20-22)16(23)24-5/h8,10-12H,6-7,9H2,1-5H3/t11-,12-/m0/s1. The van der Waals surface area contributed by atoms with E-state index in [0.29, 0.717) is 0 Å². The van der Waals surface area contributed by atoms with E-state index in [2.05, 4.69) is 52.6 Å². The number of likely N-dealkylation sites (tertiary alicyclic amines) is 1. The highest BCUT2D eigenvalue weighted by molar-refractivity contribution is 5.86. The van der Waals surface area contributed by atoms with Gasteiger partial charge in [0.2, 0.25) is 5.89 Å². The number of nitrogens with zero attached hydrogens (tertiary/aromatic N) is 5. The van der Waals surface area contributed by atoms with Gasteiger partial charge in [0, 0.05) is 18.5 Å². The van der Waals surface area contributed by atoms with Crippen molar-refractivity contribution in [2.45, 2.75) is 51.6 Å². The molecule has 2 aromatic heterocycles. The van der Waals surface area contributed by atoms with Gasteiger partial charge in [-0.05, 0) is 13.3 Å². The molecule has 3 heterocycles. The molecule has 2 aromatic rings. The third kappa shape index (κ3) is 3.58. The van der Waals surface area contributed by atoms with Crippen LogP contribution in [0.1, 0.15) is 68.3 Å². The average Bonchev–Trinajstić information content (AvgIpc) is 3.31. The van der Waals surface area contributed by atoms with Crippen LogP contribution in [0.5, 0.6) is 0 Å². The summed E-state index contributed by atoms with van der Waals surface area (Å²) in [6.45, 7) is 10.1. The maximum Gasteiger partial charge on any atom is 0.360 e. The fraction of sp³-hybridized carbons (Fsp3) is 0.647. The molecule has 1 saturated heterocycles. The predicted octanol–water partition coefficient (Wildman–Crippen LogP) is 2.36. The molecule has 0 N–H and O–H groups in total. The van der Waals surface area contributed by atoms with E-state index in [1.54, 1.807) is 10.9 Å². The highest BCUT2D eigenvalue weighted by atomic mass is 16.5. The van der Waals surface area contributed by atoms with Gasteiger partial charge in [0.1, 0.15) is 5.76 Å². The molecule has 1 aliphatic rings. The Morgan fingerprint density at radius 2 is 2.20 bits per heavy atom. The second-order valence-electron chi connectivity index (χ2n) is 7.50. The van der Waals surface area contributed by atoms with Crippen LogP contribution in [0.3, 0.4) is 0 Å². The molecule has 0 amide bonds. The second kappa shape index (κ2) is 6.59. The summed E-state index contributed by atoms with van der Waals surface area (Å²) in [5.41, 5.74) is 0.181. The minimum atomic E-state index is -0.469. The number of aromatic nitrogens is 4. The lowest BCUT2D eigenvalue weighted by Crippen LogP contribution is -2.25. The summed E-state index contributed by atoms with van der Waals surface area (Å²) in [7, 11) is 1.34. The molecule has 0 spiro atoms. The van der Waals surface area contributed by atoms with Crippen molar-refractivity contribution in [2.75, 3.05) is 20.2 Å². The molecule has 0 radical (unpaired) electrons. The molecule has 2 atom stereocenters. The van der Waals surface area contributed by atoms with Gasteiger partial charge in [-0.2, -0.15) is 0 Å². The van der Waals surface area contributed by atoms with Crippen LogP contribution >= 0.6 is 0 Å². The number of rotatable bonds is 4. The number of hydrogen-bond donors (Lipinski definition) is 0. The number of carbonyl (C=O) groups is 1. The summed E-state index contributed by atoms with van der Waals surface area (Å²) in [6, 6.07) is 0.259. The minimum Gasteiger partial charge on any atom is -0.464 e. The third-order valence-corrected chi connectivity index (χ3v) is 4.64. The van der Waals surface area contributed by atoms with Crippen molar-refractivity contribution in [1.29, 1.82) is 0 Å². The zero-order valence-electron chi connectivity index (χ0n) is 15.4. The van der Waals surface area contributed by atoms with Crippen molar-refractivity contribution in [3.8, 4) is 0 Å². The summed E-state index contributed by atoms with van der Waals surface area (Å²) < 4.78 is 12.4. The number of esters is 1. The molecule has 136 valence electrons. The Balaban J connectivity index is 1.67. The number of methoxy groups -OCH3 is 1. The number of carbonyl (C=O) groups excluding carboxylic acids is 1. The molecule has 3 rings (SSSR count). The molecule has 8 nitrogen and oxygen atoms in total. The van der Waals surface area contributed by atoms with Crippen LogP contribution in [0.2, 0.25) is 0 Å². The van der Waals surface area contributed by atoms with Gasteiger partial charge in [0.15, 0.2) is 5.69 Å². The van der Waals surface area contributed by atoms with Crippen LogP contribution < -0.4 is 0 Å². The third-order valence-electron chi connectivity index (χ3n) is 4.64. The monoisotopic (exact) mass is 347 g/mol. The average molecular weight is 347 g/mol. The van der Waals surface area contributed by atoms with Crippen molar-refractivity contribution in [2.24, 2.45) is 0 Å². The smallest absolute Gasteiger partial charge is 0.360 e. The first-order chi connectivity index (χ1) is 11.8. The first-order valence-corrected chi connectivity index (χ1v) is 8.50. The SMILES string of the molecule is COC(=O)c1cn([C@H]2CCN([C@@H](C)c3ncc(C(C)(C)C)o3)C2)nn1. The first-order valence-electron chi connectivity index (χ1n) is 8.50. The maximum atomic E-state index is 11.5. The van der Waals surface area contributed by atoms with Crippen LogP contribution in [0.4, 0.5) is 0 Å². The van der Waals surface area contributed by atoms with Gasteiger partial charge >= 0.3 is 5.97 Å². The number of oxazole rings is 1. The summed E-state index contributed by atoms with van der Waals surface area (Å²) in [6.07, 6.45) is 4.40. The Kier molecular flexibility index (Phi) is 4.64. The highest BCUT2D eigenvalue weighted by Crippen LogP contribution is 2.31. The van der Waals surface area contributed by atoms with Gasteiger partial charge in [-0.1, -0.05) is 26.0 Å². The van der Waals surface area contributed by atoms with Crippen molar-refractivity contribution in [3.05, 3.63) is 29.7 Å². The quantitative estimate of drug-likeness (QED) is 0.785. The Morgan fingerprint density at radius 3 is 2.84 bits per heavy atom. The van der Waals surface area contributed by atoms with Crippen molar-refractivity contribution < 1.29 is 13.9 Å². The van der Waals surface area contributed by atoms with Crippen LogP contribution in [0.15, 0.2) is 16.8 Å². The minimum absolute atomic E-state index is 0.0521. The fourth-order valence-corrected chi connectivity index (χ4v) is 2.97. The maximum absolute atomic E-state index is 11.5. The van der Waals surface area contributed by atoms with Gasteiger partial charge in [0.05, 0.1) is 31.6 Å². The van der Waals surface area contributed by atoms with Gasteiger partial charge in [-0.3, -0.25) is 4.90 Å². The lowest BCUT2D eigenvalue weighted by Gasteiger charge is -2.22. The summed E-state index contributed by atoms with van der Waals surface area (Å²) in [5, 5.41) is 7.95. The molecule has 25 heavy (non-hydrogen) atoms. The van der Waals surface area contributed by atoms with E-state index in [1.807, 2.05) is 6.20 Å². The van der Waals surface area contributed by atoms with Crippen LogP contribution in [0.25, 0.3) is 0 Å². The lowest BCUT2D eigenvalue weighted by molar-refractivity contribution is 0.0594. The summed E-state index contributed by atoms with van der Waals surface area (Å²) >= 11 is 0. The molecule has 0 unspecified atom stereocenters. The lowest BCUT2D eigenvalue weighted by atomic mass is 9.94. The van der Waals surface area contributed by atoms with Gasteiger partial charge in [-0.15, -0.1) is 5.10 Å². The normalized spacial score (nSPS) is 20.0. The molecule has 0 aromatic carbocycles. The van der Waals surface area contributed by atoms with Gasteiger partial charge in [0.25, 0.3) is 0 Å². The Labute approximate surface area is 147 Å². The molecule has 0 saturated carbocycles. The van der Waals surface area contributed by atoms with Crippen molar-refractivity contribution in [1.82, 2.24) is 24.9 Å². The van der Waals surface area contributed by atoms with E-state index in [-0.39, 0.29) is 23.2 Å². The molecule has 1 aliphatic heterocycles. The van der Waals surface area contributed by atoms with Crippen molar-refractivity contribution >= 4 is 5.97 Å². The second-order valence-corrected chi connectivity index (χ2v) is 7.50. The van der Waals surface area contributed by atoms with Gasteiger partial charge < -0.3 is 9.15 Å². The number of hydrogen-bond acceptors (Lipinski definition) is 7. The van der Waals surface area contributed by atoms with E-state index < -0.39 is 5.97 Å². The fourth-order valence-electron chi connectivity index (χ4n) is 2.97. The Hall–Kier alpha value is -2.22. The zero-order valence-corrected chi connectivity index (χ0v) is 15.4. The number of ether oxygens (including phenoxy) is 1. The topological polar surface area (TPSA) is 86.3 Å².